The number of halogens is 1. The molecule has 1 fully saturated rings. The van der Waals surface area contributed by atoms with Crippen molar-refractivity contribution in [2.24, 2.45) is 0 Å². The van der Waals surface area contributed by atoms with Gasteiger partial charge in [0.2, 0.25) is 5.88 Å². The highest BCUT2D eigenvalue weighted by Crippen LogP contribution is 2.27. The molecule has 1 aliphatic carbocycles. The lowest BCUT2D eigenvalue weighted by molar-refractivity contribution is 0.0923. The first kappa shape index (κ1) is 23.1. The molecule has 7 heteroatoms. The minimum absolute atomic E-state index is 0.107. The van der Waals surface area contributed by atoms with Crippen LogP contribution in [0.5, 0.6) is 11.6 Å². The van der Waals surface area contributed by atoms with E-state index in [4.69, 9.17) is 21.3 Å². The Morgan fingerprint density at radius 1 is 0.971 bits per heavy atom. The van der Waals surface area contributed by atoms with Gasteiger partial charge in [0, 0.05) is 28.7 Å². The van der Waals surface area contributed by atoms with E-state index in [0.717, 1.165) is 37.0 Å². The second-order valence-corrected chi connectivity index (χ2v) is 9.36. The van der Waals surface area contributed by atoms with Crippen molar-refractivity contribution in [2.45, 2.75) is 44.7 Å². The Morgan fingerprint density at radius 3 is 2.51 bits per heavy atom. The molecule has 0 atom stereocenters. The number of carbonyl (C=O) groups is 1. The van der Waals surface area contributed by atoms with Gasteiger partial charge in [-0.05, 0) is 86.7 Å². The SMILES string of the molecule is Cc1cc(NC2CCC(NC(=O)c3cccnc3Oc3ccc(Cl)cc3)CC2)nc2ccccc12. The van der Waals surface area contributed by atoms with E-state index in [2.05, 4.69) is 34.7 Å². The number of aromatic nitrogens is 2. The van der Waals surface area contributed by atoms with Crippen molar-refractivity contribution < 1.29 is 9.53 Å². The van der Waals surface area contributed by atoms with E-state index < -0.39 is 0 Å². The Labute approximate surface area is 209 Å². The van der Waals surface area contributed by atoms with Gasteiger partial charge in [-0.1, -0.05) is 29.8 Å². The number of aryl methyl sites for hydroxylation is 1. The molecule has 1 aliphatic rings. The van der Waals surface area contributed by atoms with Crippen LogP contribution in [0, 0.1) is 6.92 Å². The summed E-state index contributed by atoms with van der Waals surface area (Å²) in [7, 11) is 0. The summed E-state index contributed by atoms with van der Waals surface area (Å²) in [4.78, 5) is 22.1. The van der Waals surface area contributed by atoms with E-state index in [-0.39, 0.29) is 17.8 Å². The monoisotopic (exact) mass is 486 g/mol. The smallest absolute Gasteiger partial charge is 0.257 e. The van der Waals surface area contributed by atoms with Crippen molar-refractivity contribution >= 4 is 34.2 Å². The molecular weight excluding hydrogens is 460 g/mol. The van der Waals surface area contributed by atoms with E-state index in [1.54, 1.807) is 42.6 Å². The van der Waals surface area contributed by atoms with E-state index in [1.807, 2.05) is 18.2 Å². The van der Waals surface area contributed by atoms with Crippen LogP contribution in [0.15, 0.2) is 72.9 Å². The number of benzene rings is 2. The molecule has 35 heavy (non-hydrogen) atoms. The maximum absolute atomic E-state index is 13.0. The van der Waals surface area contributed by atoms with Gasteiger partial charge in [0.25, 0.3) is 5.91 Å². The van der Waals surface area contributed by atoms with Gasteiger partial charge in [-0.3, -0.25) is 4.79 Å². The Kier molecular flexibility index (Phi) is 6.82. The molecule has 2 N–H and O–H groups in total. The zero-order valence-corrected chi connectivity index (χ0v) is 20.3. The molecule has 178 valence electrons. The maximum atomic E-state index is 13.0. The summed E-state index contributed by atoms with van der Waals surface area (Å²) in [5.74, 6) is 1.59. The molecule has 2 heterocycles. The lowest BCUT2D eigenvalue weighted by atomic mass is 9.91. The fourth-order valence-corrected chi connectivity index (χ4v) is 4.66. The first-order valence-electron chi connectivity index (χ1n) is 11.9. The summed E-state index contributed by atoms with van der Waals surface area (Å²) in [6.45, 7) is 2.12. The van der Waals surface area contributed by atoms with Gasteiger partial charge in [-0.2, -0.15) is 0 Å². The normalized spacial score (nSPS) is 17.7. The van der Waals surface area contributed by atoms with E-state index in [0.29, 0.717) is 22.4 Å². The fraction of sp³-hybridized carbons (Fsp3) is 0.250. The first-order chi connectivity index (χ1) is 17.0. The molecule has 2 aromatic heterocycles. The van der Waals surface area contributed by atoms with E-state index in [1.165, 1.54) is 10.9 Å². The number of nitrogens with one attached hydrogen (secondary N) is 2. The second-order valence-electron chi connectivity index (χ2n) is 8.92. The van der Waals surface area contributed by atoms with Gasteiger partial charge in [-0.15, -0.1) is 0 Å². The van der Waals surface area contributed by atoms with Crippen molar-refractivity contribution in [3.8, 4) is 11.6 Å². The van der Waals surface area contributed by atoms with Crippen molar-refractivity contribution in [2.75, 3.05) is 5.32 Å². The average Bonchev–Trinajstić information content (AvgIpc) is 2.87. The third-order valence-corrected chi connectivity index (χ3v) is 6.63. The van der Waals surface area contributed by atoms with Crippen LogP contribution < -0.4 is 15.4 Å². The molecule has 0 unspecified atom stereocenters. The zero-order chi connectivity index (χ0) is 24.2. The number of fused-ring (bicyclic) bond motifs is 1. The third-order valence-electron chi connectivity index (χ3n) is 6.38. The highest BCUT2D eigenvalue weighted by molar-refractivity contribution is 6.30. The number of nitrogens with zero attached hydrogens (tertiary/aromatic N) is 2. The van der Waals surface area contributed by atoms with Gasteiger partial charge < -0.3 is 15.4 Å². The van der Waals surface area contributed by atoms with E-state index >= 15 is 0 Å². The highest BCUT2D eigenvalue weighted by atomic mass is 35.5. The van der Waals surface area contributed by atoms with Gasteiger partial charge in [-0.25, -0.2) is 9.97 Å². The van der Waals surface area contributed by atoms with Crippen LogP contribution in [0.4, 0.5) is 5.82 Å². The van der Waals surface area contributed by atoms with Crippen molar-refractivity contribution in [3.63, 3.8) is 0 Å². The minimum Gasteiger partial charge on any atom is -0.438 e. The lowest BCUT2D eigenvalue weighted by Gasteiger charge is -2.30. The van der Waals surface area contributed by atoms with Gasteiger partial charge in [0.15, 0.2) is 0 Å². The quantitative estimate of drug-likeness (QED) is 0.323. The predicted octanol–water partition coefficient (Wildman–Crippen LogP) is 6.54. The topological polar surface area (TPSA) is 76.1 Å². The molecule has 0 bridgehead atoms. The number of hydrogen-bond donors (Lipinski definition) is 2. The summed E-state index contributed by atoms with van der Waals surface area (Å²) in [5, 5.41) is 8.56. The van der Waals surface area contributed by atoms with Crippen LogP contribution in [0.1, 0.15) is 41.6 Å². The number of hydrogen-bond acceptors (Lipinski definition) is 5. The third kappa shape index (κ3) is 5.54. The Balaban J connectivity index is 1.18. The van der Waals surface area contributed by atoms with Crippen LogP contribution in [0.3, 0.4) is 0 Å². The zero-order valence-electron chi connectivity index (χ0n) is 19.5. The molecule has 6 nitrogen and oxygen atoms in total. The number of ether oxygens (including phenoxy) is 1. The molecule has 5 rings (SSSR count). The van der Waals surface area contributed by atoms with Crippen molar-refractivity contribution in [3.05, 3.63) is 89.1 Å². The summed E-state index contributed by atoms with van der Waals surface area (Å²) in [5.41, 5.74) is 2.63. The Hall–Kier alpha value is -3.64. The summed E-state index contributed by atoms with van der Waals surface area (Å²) >= 11 is 5.95. The minimum atomic E-state index is -0.176. The molecule has 0 aliphatic heterocycles. The van der Waals surface area contributed by atoms with Crippen LogP contribution in [-0.2, 0) is 0 Å². The standard InChI is InChI=1S/C28H27ClN4O2/c1-18-17-26(33-25-7-3-2-5-23(18)25)31-20-10-12-21(13-11-20)32-27(34)24-6-4-16-30-28(24)35-22-14-8-19(29)9-15-22/h2-9,14-17,20-21H,10-13H2,1H3,(H,31,33)(H,32,34). The van der Waals surface area contributed by atoms with Crippen LogP contribution in [0.25, 0.3) is 10.9 Å². The largest absolute Gasteiger partial charge is 0.438 e. The van der Waals surface area contributed by atoms with Crippen molar-refractivity contribution in [1.29, 1.82) is 0 Å². The summed E-state index contributed by atoms with van der Waals surface area (Å²) in [6, 6.07) is 21.2. The lowest BCUT2D eigenvalue weighted by Crippen LogP contribution is -2.40. The maximum Gasteiger partial charge on any atom is 0.257 e. The average molecular weight is 487 g/mol. The van der Waals surface area contributed by atoms with Gasteiger partial charge >= 0.3 is 0 Å². The van der Waals surface area contributed by atoms with Crippen LogP contribution in [-0.4, -0.2) is 28.0 Å². The van der Waals surface area contributed by atoms with Crippen LogP contribution >= 0.6 is 11.6 Å². The number of carbonyl (C=O) groups excluding carboxylic acids is 1. The number of pyridine rings is 2. The molecule has 0 radical (unpaired) electrons. The molecule has 2 aromatic carbocycles. The summed E-state index contributed by atoms with van der Waals surface area (Å²) in [6.07, 6.45) is 5.31. The first-order valence-corrected chi connectivity index (χ1v) is 12.3. The van der Waals surface area contributed by atoms with Crippen molar-refractivity contribution in [1.82, 2.24) is 15.3 Å². The summed E-state index contributed by atoms with van der Waals surface area (Å²) < 4.78 is 5.85. The molecule has 1 saturated carbocycles. The molecule has 1 amide bonds. The predicted molar refractivity (Wildman–Crippen MR) is 139 cm³/mol. The molecular formula is C28H27ClN4O2. The number of rotatable bonds is 6. The Bertz CT molecular complexity index is 1330. The van der Waals surface area contributed by atoms with E-state index in [9.17, 15) is 4.79 Å². The number of para-hydroxylation sites is 1. The molecule has 0 saturated heterocycles. The number of anilines is 1. The molecule has 0 spiro atoms. The number of amides is 1. The fourth-order valence-electron chi connectivity index (χ4n) is 4.54. The van der Waals surface area contributed by atoms with Gasteiger partial charge in [0.05, 0.1) is 5.52 Å². The molecule has 4 aromatic rings. The second kappa shape index (κ2) is 10.3. The van der Waals surface area contributed by atoms with Gasteiger partial charge in [0.1, 0.15) is 17.1 Å². The Morgan fingerprint density at radius 2 is 1.71 bits per heavy atom. The highest BCUT2D eigenvalue weighted by Gasteiger charge is 2.24. The van der Waals surface area contributed by atoms with Crippen LogP contribution in [0.2, 0.25) is 5.02 Å².